The Bertz CT molecular complexity index is 1090. The van der Waals surface area contributed by atoms with Gasteiger partial charge in [0.15, 0.2) is 0 Å². The first-order chi connectivity index (χ1) is 13.7. The summed E-state index contributed by atoms with van der Waals surface area (Å²) in [5, 5.41) is 15.5. The van der Waals surface area contributed by atoms with E-state index in [2.05, 4.69) is 22.0 Å². The van der Waals surface area contributed by atoms with Crippen LogP contribution < -0.4 is 5.32 Å². The lowest BCUT2D eigenvalue weighted by molar-refractivity contribution is -0.384. The summed E-state index contributed by atoms with van der Waals surface area (Å²) in [5.74, 6) is 0. The van der Waals surface area contributed by atoms with E-state index in [1.807, 2.05) is 60.7 Å². The molecule has 5 heteroatoms. The third kappa shape index (κ3) is 3.88. The number of rotatable bonds is 7. The summed E-state index contributed by atoms with van der Waals surface area (Å²) in [7, 11) is 0. The third-order valence-electron chi connectivity index (χ3n) is 4.90. The topological polar surface area (TPSA) is 60.1 Å². The quantitative estimate of drug-likeness (QED) is 0.349. The minimum absolute atomic E-state index is 0.121. The second kappa shape index (κ2) is 7.96. The van der Waals surface area contributed by atoms with E-state index < -0.39 is 0 Å². The van der Waals surface area contributed by atoms with Crippen molar-refractivity contribution < 1.29 is 4.92 Å². The number of aryl methyl sites for hydroxylation is 2. The normalized spacial score (nSPS) is 10.9. The van der Waals surface area contributed by atoms with E-state index in [-0.39, 0.29) is 10.6 Å². The summed E-state index contributed by atoms with van der Waals surface area (Å²) in [6.45, 7) is 1.47. The van der Waals surface area contributed by atoms with Crippen molar-refractivity contribution in [2.75, 3.05) is 5.32 Å². The second-order valence-corrected chi connectivity index (χ2v) is 6.74. The molecule has 3 aromatic carbocycles. The predicted octanol–water partition coefficient (Wildman–Crippen LogP) is 5.40. The number of nitrogens with zero attached hydrogens (tertiary/aromatic N) is 2. The van der Waals surface area contributed by atoms with Gasteiger partial charge in [-0.1, -0.05) is 48.5 Å². The SMILES string of the molecule is O=[N+]([O-])c1ccc2c(c1)cc(CNc1ccccc1)n2CCc1ccccc1. The summed E-state index contributed by atoms with van der Waals surface area (Å²) in [6, 6.07) is 27.5. The van der Waals surface area contributed by atoms with Crippen molar-refractivity contribution in [3.63, 3.8) is 0 Å². The maximum Gasteiger partial charge on any atom is 0.270 e. The van der Waals surface area contributed by atoms with Gasteiger partial charge in [-0.25, -0.2) is 0 Å². The fourth-order valence-corrected chi connectivity index (χ4v) is 3.47. The molecular formula is C23H21N3O2. The van der Waals surface area contributed by atoms with Crippen LogP contribution in [0.1, 0.15) is 11.3 Å². The number of nitro benzene ring substituents is 1. The highest BCUT2D eigenvalue weighted by Gasteiger charge is 2.13. The molecule has 1 heterocycles. The molecule has 0 aliphatic carbocycles. The number of benzene rings is 3. The molecule has 0 saturated heterocycles. The lowest BCUT2D eigenvalue weighted by Gasteiger charge is -2.12. The molecule has 1 N–H and O–H groups in total. The molecule has 1 aromatic heterocycles. The monoisotopic (exact) mass is 371 g/mol. The molecule has 28 heavy (non-hydrogen) atoms. The first kappa shape index (κ1) is 17.8. The summed E-state index contributed by atoms with van der Waals surface area (Å²) < 4.78 is 2.25. The average Bonchev–Trinajstić information content (AvgIpc) is 3.09. The molecule has 0 amide bonds. The number of nitrogens with one attached hydrogen (secondary N) is 1. The van der Waals surface area contributed by atoms with Crippen LogP contribution in [0, 0.1) is 10.1 Å². The van der Waals surface area contributed by atoms with Crippen LogP contribution in [0.15, 0.2) is 84.9 Å². The molecule has 4 rings (SSSR count). The van der Waals surface area contributed by atoms with E-state index in [4.69, 9.17) is 0 Å². The molecule has 0 bridgehead atoms. The molecule has 5 nitrogen and oxygen atoms in total. The zero-order valence-corrected chi connectivity index (χ0v) is 15.4. The Morgan fingerprint density at radius 2 is 1.61 bits per heavy atom. The maximum absolute atomic E-state index is 11.1. The highest BCUT2D eigenvalue weighted by atomic mass is 16.6. The molecular weight excluding hydrogens is 350 g/mol. The van der Waals surface area contributed by atoms with Gasteiger partial charge in [-0.15, -0.1) is 0 Å². The Morgan fingerprint density at radius 1 is 0.893 bits per heavy atom. The van der Waals surface area contributed by atoms with Gasteiger partial charge in [0.1, 0.15) is 0 Å². The summed E-state index contributed by atoms with van der Waals surface area (Å²) in [4.78, 5) is 10.8. The van der Waals surface area contributed by atoms with Gasteiger partial charge in [-0.2, -0.15) is 0 Å². The predicted molar refractivity (Wildman–Crippen MR) is 113 cm³/mol. The average molecular weight is 371 g/mol. The molecule has 0 atom stereocenters. The van der Waals surface area contributed by atoms with Crippen LogP contribution >= 0.6 is 0 Å². The molecule has 0 aliphatic heterocycles. The summed E-state index contributed by atoms with van der Waals surface area (Å²) in [6.07, 6.45) is 0.903. The van der Waals surface area contributed by atoms with Crippen molar-refractivity contribution in [3.8, 4) is 0 Å². The number of fused-ring (bicyclic) bond motifs is 1. The molecule has 0 aliphatic rings. The number of aromatic nitrogens is 1. The fraction of sp³-hybridized carbons (Fsp3) is 0.130. The van der Waals surface area contributed by atoms with Crippen LogP contribution in [0.5, 0.6) is 0 Å². The Kier molecular flexibility index (Phi) is 5.06. The second-order valence-electron chi connectivity index (χ2n) is 6.74. The van der Waals surface area contributed by atoms with Crippen molar-refractivity contribution in [2.45, 2.75) is 19.5 Å². The number of anilines is 1. The fourth-order valence-electron chi connectivity index (χ4n) is 3.47. The number of hydrogen-bond acceptors (Lipinski definition) is 3. The standard InChI is InChI=1S/C23H21N3O2/c27-26(28)21-11-12-23-19(15-21)16-22(17-24-20-9-5-2-6-10-20)25(23)14-13-18-7-3-1-4-8-18/h1-12,15-16,24H,13-14,17H2. The maximum atomic E-state index is 11.1. The van der Waals surface area contributed by atoms with Gasteiger partial charge in [0.2, 0.25) is 0 Å². The highest BCUT2D eigenvalue weighted by molar-refractivity contribution is 5.83. The zero-order chi connectivity index (χ0) is 19.3. The molecule has 0 radical (unpaired) electrons. The lowest BCUT2D eigenvalue weighted by Crippen LogP contribution is -2.09. The largest absolute Gasteiger partial charge is 0.379 e. The van der Waals surface area contributed by atoms with E-state index >= 15 is 0 Å². The van der Waals surface area contributed by atoms with Crippen molar-refractivity contribution in [2.24, 2.45) is 0 Å². The molecule has 0 fully saturated rings. The first-order valence-electron chi connectivity index (χ1n) is 9.30. The van der Waals surface area contributed by atoms with E-state index in [1.165, 1.54) is 5.56 Å². The van der Waals surface area contributed by atoms with E-state index in [1.54, 1.807) is 12.1 Å². The van der Waals surface area contributed by atoms with Crippen LogP contribution in [-0.2, 0) is 19.5 Å². The van der Waals surface area contributed by atoms with E-state index in [0.717, 1.165) is 35.2 Å². The molecule has 0 spiro atoms. The van der Waals surface area contributed by atoms with Crippen LogP contribution in [0.3, 0.4) is 0 Å². The van der Waals surface area contributed by atoms with Crippen LogP contribution in [-0.4, -0.2) is 9.49 Å². The van der Waals surface area contributed by atoms with Crippen molar-refractivity contribution in [3.05, 3.63) is 106 Å². The van der Waals surface area contributed by atoms with Crippen molar-refractivity contribution in [1.29, 1.82) is 0 Å². The van der Waals surface area contributed by atoms with E-state index in [0.29, 0.717) is 6.54 Å². The van der Waals surface area contributed by atoms with Gasteiger partial charge < -0.3 is 9.88 Å². The van der Waals surface area contributed by atoms with Crippen molar-refractivity contribution in [1.82, 2.24) is 4.57 Å². The molecule has 0 unspecified atom stereocenters. The molecule has 4 aromatic rings. The van der Waals surface area contributed by atoms with Gasteiger partial charge >= 0.3 is 0 Å². The Hall–Kier alpha value is -3.60. The Balaban J connectivity index is 1.65. The number of hydrogen-bond donors (Lipinski definition) is 1. The molecule has 140 valence electrons. The third-order valence-corrected chi connectivity index (χ3v) is 4.90. The van der Waals surface area contributed by atoms with Crippen LogP contribution in [0.2, 0.25) is 0 Å². The first-order valence-corrected chi connectivity index (χ1v) is 9.30. The summed E-state index contributed by atoms with van der Waals surface area (Å²) >= 11 is 0. The van der Waals surface area contributed by atoms with E-state index in [9.17, 15) is 10.1 Å². The number of nitro groups is 1. The van der Waals surface area contributed by atoms with Crippen molar-refractivity contribution >= 4 is 22.3 Å². The summed E-state index contributed by atoms with van der Waals surface area (Å²) in [5.41, 5.74) is 4.57. The minimum Gasteiger partial charge on any atom is -0.379 e. The van der Waals surface area contributed by atoms with Crippen LogP contribution in [0.4, 0.5) is 11.4 Å². The van der Waals surface area contributed by atoms with Gasteiger partial charge in [0.05, 0.1) is 11.5 Å². The van der Waals surface area contributed by atoms with Gasteiger partial charge in [0.25, 0.3) is 5.69 Å². The Morgan fingerprint density at radius 3 is 2.32 bits per heavy atom. The van der Waals surface area contributed by atoms with Crippen LogP contribution in [0.25, 0.3) is 10.9 Å². The zero-order valence-electron chi connectivity index (χ0n) is 15.4. The van der Waals surface area contributed by atoms with Gasteiger partial charge in [-0.3, -0.25) is 10.1 Å². The lowest BCUT2D eigenvalue weighted by atomic mass is 10.1. The number of non-ortho nitro benzene ring substituents is 1. The smallest absolute Gasteiger partial charge is 0.270 e. The van der Waals surface area contributed by atoms with Gasteiger partial charge in [0, 0.05) is 41.0 Å². The number of para-hydroxylation sites is 1. The molecule has 0 saturated carbocycles. The highest BCUT2D eigenvalue weighted by Crippen LogP contribution is 2.26. The Labute approximate surface area is 163 Å². The van der Waals surface area contributed by atoms with Gasteiger partial charge in [-0.05, 0) is 36.2 Å². The minimum atomic E-state index is -0.345.